The highest BCUT2D eigenvalue weighted by molar-refractivity contribution is 7.92. The Bertz CT molecular complexity index is 1440. The van der Waals surface area contributed by atoms with Crippen molar-refractivity contribution in [2.24, 2.45) is 7.05 Å². The number of sulfonamides is 1. The van der Waals surface area contributed by atoms with Crippen molar-refractivity contribution in [3.8, 4) is 0 Å². The number of nitrogens with one attached hydrogen (secondary N) is 1. The first-order valence-corrected chi connectivity index (χ1v) is 12.5. The van der Waals surface area contributed by atoms with Crippen molar-refractivity contribution in [1.82, 2.24) is 0 Å². The van der Waals surface area contributed by atoms with Crippen molar-refractivity contribution < 1.29 is 22.6 Å². The number of benzene rings is 2. The fourth-order valence-corrected chi connectivity index (χ4v) is 5.09. The van der Waals surface area contributed by atoms with Crippen LogP contribution in [0.25, 0.3) is 0 Å². The molecular formula is C25H25ClN3O4S+. The van der Waals surface area contributed by atoms with E-state index < -0.39 is 21.8 Å². The number of anilines is 2. The molecule has 0 saturated carbocycles. The molecule has 0 fully saturated rings. The van der Waals surface area contributed by atoms with Crippen LogP contribution in [0.4, 0.5) is 11.4 Å². The number of nitrogens with zero attached hydrogens (tertiary/aromatic N) is 2. The monoisotopic (exact) mass is 498 g/mol. The maximum absolute atomic E-state index is 13.4. The lowest BCUT2D eigenvalue weighted by molar-refractivity contribution is -0.677. The van der Waals surface area contributed by atoms with Crippen LogP contribution in [-0.4, -0.2) is 20.2 Å². The summed E-state index contributed by atoms with van der Waals surface area (Å²) in [6.45, 7) is 8.00. The molecule has 7 nitrogen and oxygen atoms in total. The van der Waals surface area contributed by atoms with Gasteiger partial charge in [-0.05, 0) is 41.3 Å². The molecule has 1 aromatic heterocycles. The number of imide groups is 1. The minimum atomic E-state index is -4.02. The number of amides is 2. The molecule has 0 atom stereocenters. The molecule has 0 spiro atoms. The van der Waals surface area contributed by atoms with Gasteiger partial charge in [0, 0.05) is 13.0 Å². The van der Waals surface area contributed by atoms with Crippen molar-refractivity contribution in [1.29, 1.82) is 0 Å². The fourth-order valence-electron chi connectivity index (χ4n) is 3.78. The summed E-state index contributed by atoms with van der Waals surface area (Å²) in [6.07, 6.45) is 1.66. The van der Waals surface area contributed by atoms with Crippen LogP contribution in [0.3, 0.4) is 0 Å². The molecule has 176 valence electrons. The summed E-state index contributed by atoms with van der Waals surface area (Å²) >= 11 is 6.28. The summed E-state index contributed by atoms with van der Waals surface area (Å²) in [5.74, 6) is -1.25. The number of pyridine rings is 1. The first-order valence-electron chi connectivity index (χ1n) is 10.6. The lowest BCUT2D eigenvalue weighted by Gasteiger charge is -2.19. The van der Waals surface area contributed by atoms with E-state index in [9.17, 15) is 18.0 Å². The van der Waals surface area contributed by atoms with Gasteiger partial charge in [0.1, 0.15) is 12.7 Å². The normalized spacial score (nSPS) is 13.9. The lowest BCUT2D eigenvalue weighted by atomic mass is 9.87. The molecular weight excluding hydrogens is 474 g/mol. The van der Waals surface area contributed by atoms with Crippen LogP contribution in [0.1, 0.15) is 52.7 Å². The van der Waals surface area contributed by atoms with Crippen LogP contribution in [0.15, 0.2) is 59.6 Å². The van der Waals surface area contributed by atoms with Gasteiger partial charge in [0.05, 0.1) is 26.7 Å². The number of carbonyl (C=O) groups excluding carboxylic acids is 2. The van der Waals surface area contributed by atoms with Gasteiger partial charge in [-0.1, -0.05) is 44.5 Å². The topological polar surface area (TPSA) is 87.4 Å². The molecule has 0 bridgehead atoms. The molecule has 0 radical (unpaired) electrons. The Morgan fingerprint density at radius 3 is 2.12 bits per heavy atom. The Kier molecular flexibility index (Phi) is 5.78. The Balaban J connectivity index is 1.74. The predicted octanol–water partition coefficient (Wildman–Crippen LogP) is 4.37. The molecule has 2 aromatic carbocycles. The maximum Gasteiger partial charge on any atom is 0.268 e. The third-order valence-electron chi connectivity index (χ3n) is 5.90. The molecule has 1 aliphatic rings. The number of fused-ring (bicyclic) bond motifs is 1. The van der Waals surface area contributed by atoms with Gasteiger partial charge in [-0.3, -0.25) is 14.3 Å². The van der Waals surface area contributed by atoms with Gasteiger partial charge in [-0.2, -0.15) is 0 Å². The number of carbonyl (C=O) groups is 2. The van der Waals surface area contributed by atoms with Crippen molar-refractivity contribution in [3.05, 3.63) is 82.1 Å². The fraction of sp³-hybridized carbons (Fsp3) is 0.240. The SMILES string of the molecule is Cc1ccc(N2C(=O)c3c(Cl)ccc(NS(=O)(=O)c4ccc(C(C)(C)C)cc4)c3C2=O)c[n+]1C. The van der Waals surface area contributed by atoms with E-state index in [1.54, 1.807) is 42.1 Å². The first kappa shape index (κ1) is 23.9. The average molecular weight is 499 g/mol. The highest BCUT2D eigenvalue weighted by atomic mass is 35.5. The second kappa shape index (κ2) is 8.21. The van der Waals surface area contributed by atoms with E-state index in [1.807, 2.05) is 27.7 Å². The number of hydrogen-bond acceptors (Lipinski definition) is 4. The van der Waals surface area contributed by atoms with E-state index in [1.165, 1.54) is 24.3 Å². The molecule has 9 heteroatoms. The molecule has 2 amide bonds. The van der Waals surface area contributed by atoms with E-state index in [0.717, 1.165) is 16.2 Å². The first-order chi connectivity index (χ1) is 15.8. The summed E-state index contributed by atoms with van der Waals surface area (Å²) in [5, 5.41) is 0.0739. The van der Waals surface area contributed by atoms with Gasteiger partial charge in [-0.25, -0.2) is 17.9 Å². The minimum Gasteiger partial charge on any atom is -0.279 e. The lowest BCUT2D eigenvalue weighted by Crippen LogP contribution is -2.36. The van der Waals surface area contributed by atoms with Gasteiger partial charge in [0.15, 0.2) is 11.9 Å². The van der Waals surface area contributed by atoms with Crippen molar-refractivity contribution in [2.75, 3.05) is 9.62 Å². The third kappa shape index (κ3) is 4.08. The van der Waals surface area contributed by atoms with E-state index in [0.29, 0.717) is 5.69 Å². The Morgan fingerprint density at radius 2 is 1.53 bits per heavy atom. The summed E-state index contributed by atoms with van der Waals surface area (Å²) in [6, 6.07) is 12.8. The highest BCUT2D eigenvalue weighted by Gasteiger charge is 2.42. The minimum absolute atomic E-state index is 0.00312. The zero-order valence-electron chi connectivity index (χ0n) is 19.5. The predicted molar refractivity (Wildman–Crippen MR) is 131 cm³/mol. The molecule has 1 N–H and O–H groups in total. The Labute approximate surface area is 204 Å². The maximum atomic E-state index is 13.4. The summed E-state index contributed by atoms with van der Waals surface area (Å²) in [4.78, 5) is 27.6. The largest absolute Gasteiger partial charge is 0.279 e. The quantitative estimate of drug-likeness (QED) is 0.427. The molecule has 2 heterocycles. The number of hydrogen-bond donors (Lipinski definition) is 1. The second-order valence-corrected chi connectivity index (χ2v) is 11.4. The Hall–Kier alpha value is -3.23. The molecule has 1 aliphatic heterocycles. The van der Waals surface area contributed by atoms with E-state index >= 15 is 0 Å². The summed E-state index contributed by atoms with van der Waals surface area (Å²) in [7, 11) is -2.22. The van der Waals surface area contributed by atoms with Crippen molar-refractivity contribution in [3.63, 3.8) is 0 Å². The van der Waals surface area contributed by atoms with Gasteiger partial charge in [-0.15, -0.1) is 0 Å². The number of halogens is 1. The van der Waals surface area contributed by atoms with Crippen LogP contribution in [0.2, 0.25) is 5.02 Å². The van der Waals surface area contributed by atoms with Crippen LogP contribution in [-0.2, 0) is 22.5 Å². The van der Waals surface area contributed by atoms with E-state index in [2.05, 4.69) is 4.72 Å². The number of aromatic nitrogens is 1. The summed E-state index contributed by atoms with van der Waals surface area (Å²) in [5.41, 5.74) is 2.05. The van der Waals surface area contributed by atoms with Gasteiger partial charge >= 0.3 is 0 Å². The second-order valence-electron chi connectivity index (χ2n) is 9.31. The smallest absolute Gasteiger partial charge is 0.268 e. The van der Waals surface area contributed by atoms with Gasteiger partial charge in [0.2, 0.25) is 0 Å². The number of aryl methyl sites for hydroxylation is 2. The molecule has 4 rings (SSSR count). The van der Waals surface area contributed by atoms with E-state index in [4.69, 9.17) is 11.6 Å². The third-order valence-corrected chi connectivity index (χ3v) is 7.60. The summed E-state index contributed by atoms with van der Waals surface area (Å²) < 4.78 is 30.5. The van der Waals surface area contributed by atoms with Crippen LogP contribution in [0.5, 0.6) is 0 Å². The van der Waals surface area contributed by atoms with Gasteiger partial charge < -0.3 is 0 Å². The molecule has 0 unspecified atom stereocenters. The van der Waals surface area contributed by atoms with Crippen LogP contribution < -0.4 is 14.2 Å². The zero-order valence-corrected chi connectivity index (χ0v) is 21.1. The molecule has 34 heavy (non-hydrogen) atoms. The Morgan fingerprint density at radius 1 is 0.912 bits per heavy atom. The molecule has 0 saturated heterocycles. The standard InChI is InChI=1S/C25H24ClN3O4S/c1-15-6-9-17(14-28(15)5)29-23(30)21-19(26)12-13-20(22(21)24(29)31)27-34(32,33)18-10-7-16(8-11-18)25(2,3)4/h6-14H,1-5H3/p+1. The molecule has 0 aliphatic carbocycles. The zero-order chi connectivity index (χ0) is 25.0. The number of rotatable bonds is 4. The highest BCUT2D eigenvalue weighted by Crippen LogP contribution is 2.37. The van der Waals surface area contributed by atoms with Crippen molar-refractivity contribution >= 4 is 44.8 Å². The van der Waals surface area contributed by atoms with Crippen LogP contribution >= 0.6 is 11.6 Å². The van der Waals surface area contributed by atoms with Crippen molar-refractivity contribution in [2.45, 2.75) is 38.0 Å². The van der Waals surface area contributed by atoms with Crippen LogP contribution in [0, 0.1) is 6.92 Å². The average Bonchev–Trinajstić information content (AvgIpc) is 3.03. The van der Waals surface area contributed by atoms with E-state index in [-0.39, 0.29) is 32.1 Å². The molecule has 3 aromatic rings. The van der Waals surface area contributed by atoms with Gasteiger partial charge in [0.25, 0.3) is 21.8 Å².